The third-order valence-electron chi connectivity index (χ3n) is 3.32. The van der Waals surface area contributed by atoms with Crippen LogP contribution < -0.4 is 9.47 Å². The van der Waals surface area contributed by atoms with Crippen LogP contribution in [-0.2, 0) is 6.42 Å². The van der Waals surface area contributed by atoms with Gasteiger partial charge in [-0.3, -0.25) is 0 Å². The molecule has 0 aliphatic heterocycles. The number of halogens is 1. The van der Waals surface area contributed by atoms with Crippen molar-refractivity contribution in [1.82, 2.24) is 0 Å². The van der Waals surface area contributed by atoms with Gasteiger partial charge in [0.05, 0.1) is 14.2 Å². The molecule has 1 rings (SSSR count). The van der Waals surface area contributed by atoms with Crippen molar-refractivity contribution in [2.24, 2.45) is 0 Å². The lowest BCUT2D eigenvalue weighted by molar-refractivity contribution is 0.398. The Labute approximate surface area is 125 Å². The van der Waals surface area contributed by atoms with Gasteiger partial charge < -0.3 is 9.47 Å². The molecule has 2 nitrogen and oxygen atoms in total. The monoisotopic (exact) mass is 328 g/mol. The normalized spacial score (nSPS) is 10.5. The Kier molecular flexibility index (Phi) is 8.72. The smallest absolute Gasteiger partial charge is 0.122 e. The summed E-state index contributed by atoms with van der Waals surface area (Å²) >= 11 is 3.47. The highest BCUT2D eigenvalue weighted by atomic mass is 79.9. The third kappa shape index (κ3) is 6.33. The van der Waals surface area contributed by atoms with Gasteiger partial charge >= 0.3 is 0 Å². The third-order valence-corrected chi connectivity index (χ3v) is 3.88. The number of benzene rings is 1. The minimum atomic E-state index is 0.910. The molecule has 0 N–H and O–H groups in total. The van der Waals surface area contributed by atoms with Crippen LogP contribution in [-0.4, -0.2) is 19.5 Å². The molecule has 0 unspecified atom stereocenters. The van der Waals surface area contributed by atoms with E-state index in [0.717, 1.165) is 23.2 Å². The van der Waals surface area contributed by atoms with E-state index in [1.165, 1.54) is 44.1 Å². The summed E-state index contributed by atoms with van der Waals surface area (Å²) in [5, 5.41) is 1.13. The highest BCUT2D eigenvalue weighted by Gasteiger charge is 2.04. The van der Waals surface area contributed by atoms with Gasteiger partial charge in [-0.2, -0.15) is 0 Å². The maximum Gasteiger partial charge on any atom is 0.122 e. The SMILES string of the molecule is COc1ccc(OC)c(CCCCCCCCBr)c1. The molecule has 0 fully saturated rings. The standard InChI is InChI=1S/C16H25BrO2/c1-18-15-10-11-16(19-2)14(13-15)9-7-5-3-4-6-8-12-17/h10-11,13H,3-9,12H2,1-2H3. The van der Waals surface area contributed by atoms with Crippen molar-refractivity contribution < 1.29 is 9.47 Å². The Morgan fingerprint density at radius 2 is 1.58 bits per heavy atom. The van der Waals surface area contributed by atoms with Crippen LogP contribution in [0.25, 0.3) is 0 Å². The summed E-state index contributed by atoms with van der Waals surface area (Å²) in [5.74, 6) is 1.88. The highest BCUT2D eigenvalue weighted by molar-refractivity contribution is 9.09. The molecule has 0 aliphatic rings. The second-order valence-corrected chi connectivity index (χ2v) is 5.53. The van der Waals surface area contributed by atoms with Crippen LogP contribution >= 0.6 is 15.9 Å². The van der Waals surface area contributed by atoms with Crippen LogP contribution in [0.5, 0.6) is 11.5 Å². The summed E-state index contributed by atoms with van der Waals surface area (Å²) in [5.41, 5.74) is 1.25. The molecule has 0 spiro atoms. The number of unbranched alkanes of at least 4 members (excludes halogenated alkanes) is 5. The Morgan fingerprint density at radius 1 is 0.895 bits per heavy atom. The van der Waals surface area contributed by atoms with Crippen molar-refractivity contribution in [2.75, 3.05) is 19.5 Å². The first-order valence-corrected chi connectivity index (χ1v) is 8.21. The predicted molar refractivity (Wildman–Crippen MR) is 84.7 cm³/mol. The Balaban J connectivity index is 2.31. The lowest BCUT2D eigenvalue weighted by atomic mass is 10.0. The van der Waals surface area contributed by atoms with E-state index >= 15 is 0 Å². The zero-order chi connectivity index (χ0) is 13.9. The predicted octanol–water partition coefficient (Wildman–Crippen LogP) is 4.98. The molecule has 0 radical (unpaired) electrons. The molecule has 0 amide bonds. The van der Waals surface area contributed by atoms with Gasteiger partial charge in [0.2, 0.25) is 0 Å². The zero-order valence-corrected chi connectivity index (χ0v) is 13.7. The number of ether oxygens (including phenoxy) is 2. The average Bonchev–Trinajstić information content (AvgIpc) is 2.46. The first-order valence-electron chi connectivity index (χ1n) is 7.08. The summed E-state index contributed by atoms with van der Waals surface area (Å²) in [4.78, 5) is 0. The van der Waals surface area contributed by atoms with Crippen molar-refractivity contribution in [1.29, 1.82) is 0 Å². The number of hydrogen-bond donors (Lipinski definition) is 0. The van der Waals surface area contributed by atoms with E-state index in [1.807, 2.05) is 12.1 Å². The summed E-state index contributed by atoms with van der Waals surface area (Å²) in [7, 11) is 3.43. The van der Waals surface area contributed by atoms with E-state index < -0.39 is 0 Å². The van der Waals surface area contributed by atoms with Crippen LogP contribution in [0.15, 0.2) is 18.2 Å². The van der Waals surface area contributed by atoms with Crippen molar-refractivity contribution in [3.8, 4) is 11.5 Å². The summed E-state index contributed by atoms with van der Waals surface area (Å²) < 4.78 is 10.7. The molecular formula is C16H25BrO2. The Hall–Kier alpha value is -0.700. The van der Waals surface area contributed by atoms with Gasteiger partial charge in [-0.1, -0.05) is 41.6 Å². The topological polar surface area (TPSA) is 18.5 Å². The second kappa shape index (κ2) is 10.1. The molecule has 3 heteroatoms. The van der Waals surface area contributed by atoms with Gasteiger partial charge in [0.25, 0.3) is 0 Å². The second-order valence-electron chi connectivity index (χ2n) is 4.74. The summed E-state index contributed by atoms with van der Waals surface area (Å²) in [6.45, 7) is 0. The van der Waals surface area contributed by atoms with Gasteiger partial charge in [-0.05, 0) is 43.0 Å². The minimum absolute atomic E-state index is 0.910. The molecule has 1 aromatic carbocycles. The number of methoxy groups -OCH3 is 2. The first-order chi connectivity index (χ1) is 9.31. The first kappa shape index (κ1) is 16.4. The maximum absolute atomic E-state index is 5.39. The molecule has 0 saturated heterocycles. The average molecular weight is 329 g/mol. The molecular weight excluding hydrogens is 304 g/mol. The largest absolute Gasteiger partial charge is 0.497 e. The lowest BCUT2D eigenvalue weighted by Gasteiger charge is -2.10. The quantitative estimate of drug-likeness (QED) is 0.445. The number of rotatable bonds is 10. The van der Waals surface area contributed by atoms with Crippen LogP contribution in [0.4, 0.5) is 0 Å². The van der Waals surface area contributed by atoms with E-state index in [1.54, 1.807) is 14.2 Å². The van der Waals surface area contributed by atoms with Crippen molar-refractivity contribution in [2.45, 2.75) is 44.9 Å². The minimum Gasteiger partial charge on any atom is -0.497 e. The molecule has 0 bridgehead atoms. The Bertz CT molecular complexity index is 353. The highest BCUT2D eigenvalue weighted by Crippen LogP contribution is 2.25. The Morgan fingerprint density at radius 3 is 2.21 bits per heavy atom. The van der Waals surface area contributed by atoms with Crippen molar-refractivity contribution in [3.63, 3.8) is 0 Å². The van der Waals surface area contributed by atoms with E-state index in [-0.39, 0.29) is 0 Å². The van der Waals surface area contributed by atoms with Gasteiger partial charge in [0.1, 0.15) is 11.5 Å². The number of alkyl halides is 1. The summed E-state index contributed by atoms with van der Waals surface area (Å²) in [6, 6.07) is 6.02. The van der Waals surface area contributed by atoms with Crippen LogP contribution in [0.2, 0.25) is 0 Å². The lowest BCUT2D eigenvalue weighted by Crippen LogP contribution is -1.94. The van der Waals surface area contributed by atoms with Gasteiger partial charge in [-0.15, -0.1) is 0 Å². The molecule has 0 atom stereocenters. The maximum atomic E-state index is 5.39. The molecule has 0 heterocycles. The molecule has 19 heavy (non-hydrogen) atoms. The zero-order valence-electron chi connectivity index (χ0n) is 12.1. The van der Waals surface area contributed by atoms with Crippen LogP contribution in [0, 0.1) is 0 Å². The van der Waals surface area contributed by atoms with Gasteiger partial charge in [0, 0.05) is 5.33 Å². The molecule has 0 aromatic heterocycles. The molecule has 108 valence electrons. The van der Waals surface area contributed by atoms with Crippen molar-refractivity contribution in [3.05, 3.63) is 23.8 Å². The van der Waals surface area contributed by atoms with Crippen LogP contribution in [0.3, 0.4) is 0 Å². The fourth-order valence-electron chi connectivity index (χ4n) is 2.19. The fourth-order valence-corrected chi connectivity index (χ4v) is 2.59. The van der Waals surface area contributed by atoms with E-state index in [0.29, 0.717) is 0 Å². The molecule has 0 aliphatic carbocycles. The van der Waals surface area contributed by atoms with Crippen LogP contribution in [0.1, 0.15) is 44.1 Å². The van der Waals surface area contributed by atoms with E-state index in [4.69, 9.17) is 9.47 Å². The van der Waals surface area contributed by atoms with Gasteiger partial charge in [0.15, 0.2) is 0 Å². The molecule has 1 aromatic rings. The summed E-state index contributed by atoms with van der Waals surface area (Å²) in [6.07, 6.45) is 8.90. The van der Waals surface area contributed by atoms with E-state index in [9.17, 15) is 0 Å². The van der Waals surface area contributed by atoms with Crippen molar-refractivity contribution >= 4 is 15.9 Å². The fraction of sp³-hybridized carbons (Fsp3) is 0.625. The number of aryl methyl sites for hydroxylation is 1. The molecule has 0 saturated carbocycles. The van der Waals surface area contributed by atoms with Gasteiger partial charge in [-0.25, -0.2) is 0 Å². The number of hydrogen-bond acceptors (Lipinski definition) is 2. The van der Waals surface area contributed by atoms with E-state index in [2.05, 4.69) is 22.0 Å².